The third kappa shape index (κ3) is 1.48. The molecule has 0 atom stereocenters. The summed E-state index contributed by atoms with van der Waals surface area (Å²) in [4.78, 5) is 26.7. The number of fused-ring (bicyclic) bond motifs is 4. The molecule has 0 aliphatic rings. The lowest BCUT2D eigenvalue weighted by molar-refractivity contribution is 1.69. The smallest absolute Gasteiger partial charge is 0.195 e. The van der Waals surface area contributed by atoms with Gasteiger partial charge in [-0.1, -0.05) is 72.8 Å². The maximum atomic E-state index is 13.4. The first-order valence-electron chi connectivity index (χ1n) is 8.63. The fourth-order valence-electron chi connectivity index (χ4n) is 4.46. The molecule has 0 aliphatic heterocycles. The summed E-state index contributed by atoms with van der Waals surface area (Å²) in [6.07, 6.45) is 0. The number of hydrogen-bond donors (Lipinski definition) is 0. The lowest BCUT2D eigenvalue weighted by atomic mass is 9.88. The van der Waals surface area contributed by atoms with Crippen molar-refractivity contribution >= 4 is 53.9 Å². The van der Waals surface area contributed by atoms with Gasteiger partial charge in [0.25, 0.3) is 0 Å². The van der Waals surface area contributed by atoms with Crippen molar-refractivity contribution in [2.45, 2.75) is 0 Å². The first-order valence-corrected chi connectivity index (χ1v) is 8.63. The van der Waals surface area contributed by atoms with Crippen LogP contribution in [0.4, 0.5) is 0 Å². The van der Waals surface area contributed by atoms with E-state index < -0.39 is 0 Å². The van der Waals surface area contributed by atoms with Crippen LogP contribution < -0.4 is 10.9 Å². The van der Waals surface area contributed by atoms with Crippen molar-refractivity contribution in [3.63, 3.8) is 0 Å². The van der Waals surface area contributed by atoms with Gasteiger partial charge >= 0.3 is 0 Å². The number of hydrogen-bond acceptors (Lipinski definition) is 2. The van der Waals surface area contributed by atoms with E-state index in [0.717, 1.165) is 32.3 Å². The van der Waals surface area contributed by atoms with Gasteiger partial charge in [0, 0.05) is 21.5 Å². The second-order valence-corrected chi connectivity index (χ2v) is 6.83. The third-order valence-corrected chi connectivity index (χ3v) is 5.54. The molecular formula is C24H12O2. The summed E-state index contributed by atoms with van der Waals surface area (Å²) in [5.74, 6) is 0. The molecule has 0 N–H and O–H groups in total. The zero-order chi connectivity index (χ0) is 17.4. The zero-order valence-electron chi connectivity index (χ0n) is 13.7. The monoisotopic (exact) mass is 332 g/mol. The largest absolute Gasteiger partial charge is 0.289 e. The number of rotatable bonds is 0. The fraction of sp³-hybridized carbons (Fsp3) is 0. The van der Waals surface area contributed by atoms with Gasteiger partial charge in [-0.05, 0) is 32.3 Å². The fourth-order valence-corrected chi connectivity index (χ4v) is 4.46. The van der Waals surface area contributed by atoms with Crippen LogP contribution in [0.3, 0.4) is 0 Å². The van der Waals surface area contributed by atoms with Gasteiger partial charge in [-0.15, -0.1) is 0 Å². The van der Waals surface area contributed by atoms with Gasteiger partial charge in [-0.2, -0.15) is 0 Å². The van der Waals surface area contributed by atoms with Crippen LogP contribution in [-0.4, -0.2) is 0 Å². The quantitative estimate of drug-likeness (QED) is 0.288. The Hall–Kier alpha value is -3.52. The van der Waals surface area contributed by atoms with Crippen molar-refractivity contribution in [1.29, 1.82) is 0 Å². The Balaban J connectivity index is 2.17. The lowest BCUT2D eigenvalue weighted by Gasteiger charge is -2.14. The molecule has 120 valence electrons. The Kier molecular flexibility index (Phi) is 2.41. The molecule has 0 amide bonds. The average molecular weight is 332 g/mol. The van der Waals surface area contributed by atoms with Crippen molar-refractivity contribution in [2.24, 2.45) is 0 Å². The molecule has 6 aromatic carbocycles. The van der Waals surface area contributed by atoms with E-state index in [4.69, 9.17) is 0 Å². The highest BCUT2D eigenvalue weighted by Crippen LogP contribution is 2.38. The molecular weight excluding hydrogens is 320 g/mol. The summed E-state index contributed by atoms with van der Waals surface area (Å²) in [6, 6.07) is 23.3. The lowest BCUT2D eigenvalue weighted by Crippen LogP contribution is -2.13. The second kappa shape index (κ2) is 4.55. The molecule has 0 saturated carbocycles. The Morgan fingerprint density at radius 3 is 1.27 bits per heavy atom. The first kappa shape index (κ1) is 13.7. The topological polar surface area (TPSA) is 34.1 Å². The van der Waals surface area contributed by atoms with Crippen LogP contribution in [0.1, 0.15) is 0 Å². The summed E-state index contributed by atoms with van der Waals surface area (Å²) < 4.78 is 0. The van der Waals surface area contributed by atoms with E-state index in [-0.39, 0.29) is 10.9 Å². The zero-order valence-corrected chi connectivity index (χ0v) is 13.7. The molecule has 6 aromatic rings. The SMILES string of the molecule is O=c1c2ccccc2c(=O)c2c3cccc4ccc5cccc(c12)c5c43. The molecule has 0 unspecified atom stereocenters. The highest BCUT2D eigenvalue weighted by Gasteiger charge is 2.19. The van der Waals surface area contributed by atoms with Crippen molar-refractivity contribution in [2.75, 3.05) is 0 Å². The van der Waals surface area contributed by atoms with E-state index in [1.807, 2.05) is 36.4 Å². The first-order chi connectivity index (χ1) is 12.8. The molecule has 0 fully saturated rings. The second-order valence-electron chi connectivity index (χ2n) is 6.83. The summed E-state index contributed by atoms with van der Waals surface area (Å²) in [7, 11) is 0. The number of benzene rings is 6. The van der Waals surface area contributed by atoms with E-state index >= 15 is 0 Å². The molecule has 26 heavy (non-hydrogen) atoms. The molecule has 0 heterocycles. The normalized spacial score (nSPS) is 12.2. The molecule has 6 rings (SSSR count). The Morgan fingerprint density at radius 2 is 0.808 bits per heavy atom. The summed E-state index contributed by atoms with van der Waals surface area (Å²) >= 11 is 0. The van der Waals surface area contributed by atoms with Crippen LogP contribution in [0, 0.1) is 0 Å². The summed E-state index contributed by atoms with van der Waals surface area (Å²) in [5.41, 5.74) is -0.122. The van der Waals surface area contributed by atoms with Gasteiger partial charge in [0.2, 0.25) is 0 Å². The van der Waals surface area contributed by atoms with Crippen LogP contribution >= 0.6 is 0 Å². The van der Waals surface area contributed by atoms with Gasteiger partial charge in [0.1, 0.15) is 0 Å². The molecule has 0 radical (unpaired) electrons. The highest BCUT2D eigenvalue weighted by atomic mass is 16.1. The minimum absolute atomic E-state index is 0.0609. The maximum absolute atomic E-state index is 13.4. The molecule has 0 aliphatic carbocycles. The van der Waals surface area contributed by atoms with E-state index in [1.54, 1.807) is 12.1 Å². The van der Waals surface area contributed by atoms with Gasteiger partial charge in [-0.25, -0.2) is 0 Å². The Bertz CT molecular complexity index is 1490. The molecule has 0 bridgehead atoms. The van der Waals surface area contributed by atoms with E-state index in [9.17, 15) is 9.59 Å². The molecule has 0 aromatic heterocycles. The van der Waals surface area contributed by atoms with Crippen molar-refractivity contribution < 1.29 is 0 Å². The van der Waals surface area contributed by atoms with E-state index in [1.165, 1.54) is 0 Å². The molecule has 2 heteroatoms. The standard InChI is InChI=1S/C24H12O2/c25-23-15-7-1-2-8-16(15)24(26)22-18-10-4-6-14-12-11-13-5-3-9-17(21(22)23)19(13)20(14)18/h1-12H. The summed E-state index contributed by atoms with van der Waals surface area (Å²) in [5, 5.41) is 8.15. The van der Waals surface area contributed by atoms with E-state index in [2.05, 4.69) is 24.3 Å². The Morgan fingerprint density at radius 1 is 0.385 bits per heavy atom. The molecule has 0 saturated heterocycles. The maximum Gasteiger partial charge on any atom is 0.195 e. The van der Waals surface area contributed by atoms with Crippen LogP contribution in [0.2, 0.25) is 0 Å². The van der Waals surface area contributed by atoms with Crippen LogP contribution in [0.15, 0.2) is 82.4 Å². The summed E-state index contributed by atoms with van der Waals surface area (Å²) in [6.45, 7) is 0. The molecule has 2 nitrogen and oxygen atoms in total. The van der Waals surface area contributed by atoms with Gasteiger partial charge in [0.15, 0.2) is 10.9 Å². The van der Waals surface area contributed by atoms with Crippen LogP contribution in [-0.2, 0) is 0 Å². The van der Waals surface area contributed by atoms with Crippen LogP contribution in [0.25, 0.3) is 53.9 Å². The van der Waals surface area contributed by atoms with Crippen LogP contribution in [0.5, 0.6) is 0 Å². The predicted octanol–water partition coefficient (Wildman–Crippen LogP) is 5.05. The van der Waals surface area contributed by atoms with Crippen molar-refractivity contribution in [3.8, 4) is 0 Å². The van der Waals surface area contributed by atoms with Crippen molar-refractivity contribution in [3.05, 3.63) is 93.2 Å². The van der Waals surface area contributed by atoms with Crippen molar-refractivity contribution in [1.82, 2.24) is 0 Å². The molecule has 0 spiro atoms. The highest BCUT2D eigenvalue weighted by molar-refractivity contribution is 6.34. The van der Waals surface area contributed by atoms with Gasteiger partial charge in [0.05, 0.1) is 0 Å². The van der Waals surface area contributed by atoms with Gasteiger partial charge in [-0.3, -0.25) is 9.59 Å². The third-order valence-electron chi connectivity index (χ3n) is 5.54. The van der Waals surface area contributed by atoms with E-state index in [0.29, 0.717) is 21.5 Å². The van der Waals surface area contributed by atoms with Gasteiger partial charge < -0.3 is 0 Å². The Labute approximate surface area is 147 Å². The predicted molar refractivity (Wildman–Crippen MR) is 109 cm³/mol. The average Bonchev–Trinajstić information content (AvgIpc) is 2.70. The minimum Gasteiger partial charge on any atom is -0.289 e. The minimum atomic E-state index is -0.0609.